The molecule has 0 radical (unpaired) electrons. The molecule has 1 aliphatic heterocycles. The summed E-state index contributed by atoms with van der Waals surface area (Å²) in [7, 11) is 0. The standard InChI is InChI=1S/C19H31N3O/c1-2-10-18(17-11-5-3-6-12-17)21-19(23)20-13-9-16-22-14-7-4-8-15-22/h3,5-6,11-12,18H,2,4,7-10,13-16H2,1H3,(H2,20,21,23). The largest absolute Gasteiger partial charge is 0.338 e. The van der Waals surface area contributed by atoms with Crippen molar-refractivity contribution >= 4 is 6.03 Å². The molecule has 2 rings (SSSR count). The molecule has 128 valence electrons. The molecular weight excluding hydrogens is 286 g/mol. The van der Waals surface area contributed by atoms with Crippen molar-refractivity contribution in [2.75, 3.05) is 26.2 Å². The number of nitrogens with zero attached hydrogens (tertiary/aromatic N) is 1. The molecule has 1 saturated heterocycles. The van der Waals surface area contributed by atoms with Crippen LogP contribution in [0.4, 0.5) is 4.79 Å². The fraction of sp³-hybridized carbons (Fsp3) is 0.632. The van der Waals surface area contributed by atoms with Crippen LogP contribution in [-0.4, -0.2) is 37.1 Å². The SMILES string of the molecule is CCCC(NC(=O)NCCCN1CCCCC1)c1ccccc1. The van der Waals surface area contributed by atoms with Crippen LogP contribution in [0.25, 0.3) is 0 Å². The van der Waals surface area contributed by atoms with E-state index in [1.165, 1.54) is 37.9 Å². The molecule has 1 fully saturated rings. The predicted molar refractivity (Wildman–Crippen MR) is 95.5 cm³/mol. The number of benzene rings is 1. The highest BCUT2D eigenvalue weighted by Gasteiger charge is 2.13. The summed E-state index contributed by atoms with van der Waals surface area (Å²) in [6.07, 6.45) is 7.06. The van der Waals surface area contributed by atoms with Gasteiger partial charge in [0.1, 0.15) is 0 Å². The minimum atomic E-state index is -0.0500. The Labute approximate surface area is 140 Å². The Morgan fingerprint density at radius 1 is 1.17 bits per heavy atom. The molecule has 1 aromatic rings. The molecule has 0 aliphatic carbocycles. The van der Waals surface area contributed by atoms with Gasteiger partial charge in [-0.15, -0.1) is 0 Å². The molecule has 1 atom stereocenters. The third-order valence-electron chi connectivity index (χ3n) is 4.47. The number of carbonyl (C=O) groups is 1. The number of nitrogens with one attached hydrogen (secondary N) is 2. The second kappa shape index (κ2) is 10.3. The van der Waals surface area contributed by atoms with E-state index in [0.717, 1.165) is 32.4 Å². The second-order valence-electron chi connectivity index (χ2n) is 6.41. The minimum absolute atomic E-state index is 0.0500. The van der Waals surface area contributed by atoms with E-state index < -0.39 is 0 Å². The lowest BCUT2D eigenvalue weighted by Crippen LogP contribution is -2.39. The average molecular weight is 317 g/mol. The van der Waals surface area contributed by atoms with E-state index in [9.17, 15) is 4.79 Å². The van der Waals surface area contributed by atoms with Gasteiger partial charge in [-0.25, -0.2) is 4.79 Å². The quantitative estimate of drug-likeness (QED) is 0.718. The number of hydrogen-bond donors (Lipinski definition) is 2. The molecule has 4 nitrogen and oxygen atoms in total. The number of carbonyl (C=O) groups excluding carboxylic acids is 1. The molecule has 0 spiro atoms. The molecule has 2 amide bonds. The smallest absolute Gasteiger partial charge is 0.315 e. The van der Waals surface area contributed by atoms with Gasteiger partial charge in [-0.2, -0.15) is 0 Å². The summed E-state index contributed by atoms with van der Waals surface area (Å²) >= 11 is 0. The van der Waals surface area contributed by atoms with Gasteiger partial charge < -0.3 is 15.5 Å². The van der Waals surface area contributed by atoms with Crippen molar-refractivity contribution in [2.45, 2.75) is 51.5 Å². The van der Waals surface area contributed by atoms with Crippen LogP contribution in [0.15, 0.2) is 30.3 Å². The van der Waals surface area contributed by atoms with E-state index in [0.29, 0.717) is 0 Å². The van der Waals surface area contributed by atoms with Gasteiger partial charge in [0.2, 0.25) is 0 Å². The Morgan fingerprint density at radius 2 is 1.91 bits per heavy atom. The van der Waals surface area contributed by atoms with E-state index in [-0.39, 0.29) is 12.1 Å². The lowest BCUT2D eigenvalue weighted by molar-refractivity contribution is 0.221. The van der Waals surface area contributed by atoms with Gasteiger partial charge in [0.15, 0.2) is 0 Å². The number of amides is 2. The molecular formula is C19H31N3O. The van der Waals surface area contributed by atoms with Crippen molar-refractivity contribution in [1.82, 2.24) is 15.5 Å². The van der Waals surface area contributed by atoms with Crippen molar-refractivity contribution in [3.05, 3.63) is 35.9 Å². The fourth-order valence-corrected chi connectivity index (χ4v) is 3.19. The van der Waals surface area contributed by atoms with Crippen LogP contribution in [0, 0.1) is 0 Å². The summed E-state index contributed by atoms with van der Waals surface area (Å²) in [5, 5.41) is 6.11. The molecule has 1 aliphatic rings. The van der Waals surface area contributed by atoms with Crippen LogP contribution >= 0.6 is 0 Å². The molecule has 0 bridgehead atoms. The zero-order chi connectivity index (χ0) is 16.3. The number of piperidine rings is 1. The Bertz CT molecular complexity index is 443. The van der Waals surface area contributed by atoms with Gasteiger partial charge in [0, 0.05) is 6.54 Å². The predicted octanol–water partition coefficient (Wildman–Crippen LogP) is 3.70. The van der Waals surface area contributed by atoms with Crippen molar-refractivity contribution < 1.29 is 4.79 Å². The van der Waals surface area contributed by atoms with Crippen LogP contribution in [0.3, 0.4) is 0 Å². The van der Waals surface area contributed by atoms with E-state index in [1.807, 2.05) is 18.2 Å². The number of hydrogen-bond acceptors (Lipinski definition) is 2. The maximum atomic E-state index is 12.1. The van der Waals surface area contributed by atoms with E-state index >= 15 is 0 Å². The third-order valence-corrected chi connectivity index (χ3v) is 4.47. The van der Waals surface area contributed by atoms with Gasteiger partial charge in [-0.3, -0.25) is 0 Å². The lowest BCUT2D eigenvalue weighted by atomic mass is 10.0. The Morgan fingerprint density at radius 3 is 2.61 bits per heavy atom. The number of rotatable bonds is 8. The average Bonchev–Trinajstić information content (AvgIpc) is 2.60. The molecule has 2 N–H and O–H groups in total. The molecule has 0 aromatic heterocycles. The molecule has 1 heterocycles. The summed E-state index contributed by atoms with van der Waals surface area (Å²) in [5.74, 6) is 0. The Kier molecular flexibility index (Phi) is 7.95. The van der Waals surface area contributed by atoms with Gasteiger partial charge >= 0.3 is 6.03 Å². The van der Waals surface area contributed by atoms with Gasteiger partial charge in [0.25, 0.3) is 0 Å². The topological polar surface area (TPSA) is 44.4 Å². The first kappa shape index (κ1) is 17.8. The van der Waals surface area contributed by atoms with E-state index in [4.69, 9.17) is 0 Å². The summed E-state index contributed by atoms with van der Waals surface area (Å²) in [4.78, 5) is 14.6. The van der Waals surface area contributed by atoms with Crippen LogP contribution in [0.2, 0.25) is 0 Å². The number of urea groups is 1. The van der Waals surface area contributed by atoms with Crippen LogP contribution in [0.1, 0.15) is 57.1 Å². The molecule has 1 unspecified atom stereocenters. The number of likely N-dealkylation sites (tertiary alicyclic amines) is 1. The maximum Gasteiger partial charge on any atom is 0.315 e. The molecule has 4 heteroatoms. The Hall–Kier alpha value is -1.55. The third kappa shape index (κ3) is 6.61. The van der Waals surface area contributed by atoms with E-state index in [1.54, 1.807) is 0 Å². The molecule has 1 aromatic carbocycles. The van der Waals surface area contributed by atoms with E-state index in [2.05, 4.69) is 34.6 Å². The summed E-state index contributed by atoms with van der Waals surface area (Å²) in [6, 6.07) is 10.3. The summed E-state index contributed by atoms with van der Waals surface area (Å²) in [5.41, 5.74) is 1.18. The fourth-order valence-electron chi connectivity index (χ4n) is 3.19. The minimum Gasteiger partial charge on any atom is -0.338 e. The van der Waals surface area contributed by atoms with Crippen molar-refractivity contribution in [2.24, 2.45) is 0 Å². The first-order chi connectivity index (χ1) is 11.3. The molecule has 0 saturated carbocycles. The Balaban J connectivity index is 1.67. The monoisotopic (exact) mass is 317 g/mol. The van der Waals surface area contributed by atoms with Gasteiger partial charge in [-0.05, 0) is 50.9 Å². The summed E-state index contributed by atoms with van der Waals surface area (Å²) < 4.78 is 0. The van der Waals surface area contributed by atoms with Crippen LogP contribution in [-0.2, 0) is 0 Å². The second-order valence-corrected chi connectivity index (χ2v) is 6.41. The lowest BCUT2D eigenvalue weighted by Gasteiger charge is -2.26. The molecule has 23 heavy (non-hydrogen) atoms. The zero-order valence-corrected chi connectivity index (χ0v) is 14.4. The van der Waals surface area contributed by atoms with Crippen molar-refractivity contribution in [3.8, 4) is 0 Å². The highest BCUT2D eigenvalue weighted by Crippen LogP contribution is 2.17. The normalized spacial score (nSPS) is 16.7. The zero-order valence-electron chi connectivity index (χ0n) is 14.4. The van der Waals surface area contributed by atoms with Crippen LogP contribution < -0.4 is 10.6 Å². The summed E-state index contributed by atoms with van der Waals surface area (Å²) in [6.45, 7) is 6.43. The van der Waals surface area contributed by atoms with Crippen molar-refractivity contribution in [1.29, 1.82) is 0 Å². The first-order valence-electron chi connectivity index (χ1n) is 9.11. The highest BCUT2D eigenvalue weighted by atomic mass is 16.2. The highest BCUT2D eigenvalue weighted by molar-refractivity contribution is 5.74. The van der Waals surface area contributed by atoms with Gasteiger partial charge in [-0.1, -0.05) is 50.1 Å². The first-order valence-corrected chi connectivity index (χ1v) is 9.11. The van der Waals surface area contributed by atoms with Crippen molar-refractivity contribution in [3.63, 3.8) is 0 Å². The van der Waals surface area contributed by atoms with Crippen LogP contribution in [0.5, 0.6) is 0 Å². The van der Waals surface area contributed by atoms with Gasteiger partial charge in [0.05, 0.1) is 6.04 Å². The maximum absolute atomic E-state index is 12.1.